The fraction of sp³-hybridized carbons (Fsp3) is 0. The highest BCUT2D eigenvalue weighted by molar-refractivity contribution is 6.09. The van der Waals surface area contributed by atoms with Crippen LogP contribution in [0.1, 0.15) is 0 Å². The average Bonchev–Trinajstić information content (AvgIpc) is 3.03. The predicted octanol–water partition coefficient (Wildman–Crippen LogP) is 6.03. The quantitative estimate of drug-likeness (QED) is 0.392. The summed E-state index contributed by atoms with van der Waals surface area (Å²) in [5, 5.41) is 2.49. The largest absolute Gasteiger partial charge is 0.397 e. The first-order chi connectivity index (χ1) is 12.8. The number of anilines is 1. The topological polar surface area (TPSA) is 30.9 Å². The van der Waals surface area contributed by atoms with Crippen LogP contribution in [0.5, 0.6) is 0 Å². The van der Waals surface area contributed by atoms with E-state index >= 15 is 0 Å². The fourth-order valence-corrected chi connectivity index (χ4v) is 3.80. The summed E-state index contributed by atoms with van der Waals surface area (Å²) in [6.07, 6.45) is 0. The molecule has 0 aliphatic heterocycles. The Morgan fingerprint density at radius 1 is 0.538 bits per heavy atom. The lowest BCUT2D eigenvalue weighted by molar-refractivity contribution is 1.18. The Hall–Kier alpha value is -3.52. The summed E-state index contributed by atoms with van der Waals surface area (Å²) in [6, 6.07) is 33.6. The molecule has 0 bridgehead atoms. The zero-order chi connectivity index (χ0) is 17.5. The number of nitrogens with zero attached hydrogens (tertiary/aromatic N) is 1. The molecule has 0 saturated carbocycles. The van der Waals surface area contributed by atoms with Gasteiger partial charge in [-0.1, -0.05) is 78.9 Å². The smallest absolute Gasteiger partial charge is 0.0698 e. The summed E-state index contributed by atoms with van der Waals surface area (Å²) in [7, 11) is 0. The zero-order valence-corrected chi connectivity index (χ0v) is 14.3. The molecule has 5 aromatic rings. The molecule has 0 amide bonds. The molecule has 2 heteroatoms. The lowest BCUT2D eigenvalue weighted by atomic mass is 10.0. The van der Waals surface area contributed by atoms with E-state index in [0.717, 1.165) is 22.5 Å². The monoisotopic (exact) mass is 334 g/mol. The van der Waals surface area contributed by atoms with Crippen molar-refractivity contribution >= 4 is 27.5 Å². The predicted molar refractivity (Wildman–Crippen MR) is 111 cm³/mol. The Morgan fingerprint density at radius 3 is 1.77 bits per heavy atom. The molecule has 0 aliphatic carbocycles. The maximum Gasteiger partial charge on any atom is 0.0698 e. The summed E-state index contributed by atoms with van der Waals surface area (Å²) < 4.78 is 2.27. The second-order valence-electron chi connectivity index (χ2n) is 6.47. The third kappa shape index (κ3) is 2.12. The highest BCUT2D eigenvalue weighted by Gasteiger charge is 2.15. The van der Waals surface area contributed by atoms with Crippen LogP contribution in [0.15, 0.2) is 97.1 Å². The van der Waals surface area contributed by atoms with Crippen molar-refractivity contribution in [2.45, 2.75) is 0 Å². The first kappa shape index (κ1) is 14.8. The normalized spacial score (nSPS) is 11.2. The minimum Gasteiger partial charge on any atom is -0.397 e. The number of nitrogens with two attached hydrogens (primary N) is 1. The molecule has 4 aromatic carbocycles. The van der Waals surface area contributed by atoms with Gasteiger partial charge in [-0.25, -0.2) is 0 Å². The Labute approximate surface area is 152 Å². The van der Waals surface area contributed by atoms with E-state index in [2.05, 4.69) is 83.4 Å². The second-order valence-corrected chi connectivity index (χ2v) is 6.47. The molecule has 0 fully saturated rings. The number of aromatic nitrogens is 1. The van der Waals surface area contributed by atoms with Gasteiger partial charge in [0, 0.05) is 16.3 Å². The fourth-order valence-electron chi connectivity index (χ4n) is 3.80. The molecule has 0 atom stereocenters. The van der Waals surface area contributed by atoms with Crippen molar-refractivity contribution in [1.82, 2.24) is 4.57 Å². The molecule has 1 heterocycles. The van der Waals surface area contributed by atoms with E-state index in [9.17, 15) is 0 Å². The number of para-hydroxylation sites is 3. The second kappa shape index (κ2) is 5.78. The van der Waals surface area contributed by atoms with Crippen LogP contribution in [-0.2, 0) is 0 Å². The van der Waals surface area contributed by atoms with Crippen molar-refractivity contribution in [3.63, 3.8) is 0 Å². The van der Waals surface area contributed by atoms with Gasteiger partial charge in [0.2, 0.25) is 0 Å². The van der Waals surface area contributed by atoms with Gasteiger partial charge in [0.15, 0.2) is 0 Å². The van der Waals surface area contributed by atoms with Crippen LogP contribution in [0.2, 0.25) is 0 Å². The van der Waals surface area contributed by atoms with Gasteiger partial charge < -0.3 is 10.3 Å². The molecule has 0 unspecified atom stereocenters. The Kier molecular flexibility index (Phi) is 3.29. The van der Waals surface area contributed by atoms with E-state index in [4.69, 9.17) is 5.73 Å². The van der Waals surface area contributed by atoms with Gasteiger partial charge in [-0.05, 0) is 23.8 Å². The number of benzene rings is 4. The van der Waals surface area contributed by atoms with Crippen molar-refractivity contribution in [1.29, 1.82) is 0 Å². The highest BCUT2D eigenvalue weighted by atomic mass is 15.0. The van der Waals surface area contributed by atoms with Crippen molar-refractivity contribution in [2.75, 3.05) is 5.73 Å². The third-order valence-corrected chi connectivity index (χ3v) is 4.99. The van der Waals surface area contributed by atoms with Gasteiger partial charge in [0.05, 0.1) is 22.4 Å². The highest BCUT2D eigenvalue weighted by Crippen LogP contribution is 2.36. The van der Waals surface area contributed by atoms with Crippen molar-refractivity contribution in [3.8, 4) is 16.8 Å². The van der Waals surface area contributed by atoms with E-state index in [1.165, 1.54) is 21.8 Å². The Morgan fingerprint density at radius 2 is 1.12 bits per heavy atom. The van der Waals surface area contributed by atoms with E-state index in [0.29, 0.717) is 0 Å². The van der Waals surface area contributed by atoms with Crippen LogP contribution in [0.3, 0.4) is 0 Å². The van der Waals surface area contributed by atoms with Gasteiger partial charge >= 0.3 is 0 Å². The third-order valence-electron chi connectivity index (χ3n) is 4.99. The molecule has 26 heavy (non-hydrogen) atoms. The Balaban J connectivity index is 1.87. The van der Waals surface area contributed by atoms with Crippen molar-refractivity contribution in [2.24, 2.45) is 0 Å². The average molecular weight is 334 g/mol. The van der Waals surface area contributed by atoms with Crippen LogP contribution >= 0.6 is 0 Å². The molecule has 0 radical (unpaired) electrons. The SMILES string of the molecule is Nc1c(-c2ccccc2)cccc1-n1c2ccccc2c2ccccc21. The number of hydrogen-bond donors (Lipinski definition) is 1. The van der Waals surface area contributed by atoms with Gasteiger partial charge in [-0.2, -0.15) is 0 Å². The van der Waals surface area contributed by atoms with Crippen LogP contribution < -0.4 is 5.73 Å². The maximum absolute atomic E-state index is 6.67. The molecule has 0 aliphatic rings. The molecule has 1 aromatic heterocycles. The molecular weight excluding hydrogens is 316 g/mol. The van der Waals surface area contributed by atoms with Crippen LogP contribution in [-0.4, -0.2) is 4.57 Å². The van der Waals surface area contributed by atoms with Crippen molar-refractivity contribution < 1.29 is 0 Å². The first-order valence-electron chi connectivity index (χ1n) is 8.77. The van der Waals surface area contributed by atoms with Crippen LogP contribution in [0.25, 0.3) is 38.6 Å². The van der Waals surface area contributed by atoms with Gasteiger partial charge in [0.1, 0.15) is 0 Å². The van der Waals surface area contributed by atoms with Gasteiger partial charge in [-0.15, -0.1) is 0 Å². The zero-order valence-electron chi connectivity index (χ0n) is 14.3. The van der Waals surface area contributed by atoms with Gasteiger partial charge in [0.25, 0.3) is 0 Å². The van der Waals surface area contributed by atoms with Crippen molar-refractivity contribution in [3.05, 3.63) is 97.1 Å². The summed E-state index contributed by atoms with van der Waals surface area (Å²) in [6.45, 7) is 0. The molecular formula is C24H18N2. The lowest BCUT2D eigenvalue weighted by Gasteiger charge is -2.14. The number of nitrogen functional groups attached to an aromatic ring is 1. The standard InChI is InChI=1S/C24H18N2/c25-24-18(17-9-2-1-3-10-17)13-8-16-23(24)26-21-14-6-4-11-19(21)20-12-5-7-15-22(20)26/h1-16H,25H2. The summed E-state index contributed by atoms with van der Waals surface area (Å²) in [5.41, 5.74) is 13.0. The minimum atomic E-state index is 0.796. The van der Waals surface area contributed by atoms with E-state index in [1.54, 1.807) is 0 Å². The van der Waals surface area contributed by atoms with E-state index < -0.39 is 0 Å². The molecule has 0 saturated heterocycles. The van der Waals surface area contributed by atoms with Gasteiger partial charge in [-0.3, -0.25) is 0 Å². The maximum atomic E-state index is 6.67. The molecule has 2 nitrogen and oxygen atoms in total. The van der Waals surface area contributed by atoms with Crippen LogP contribution in [0, 0.1) is 0 Å². The Bertz CT molecular complexity index is 1180. The molecule has 124 valence electrons. The summed E-state index contributed by atoms with van der Waals surface area (Å²) in [4.78, 5) is 0. The molecule has 2 N–H and O–H groups in total. The molecule has 5 rings (SSSR count). The first-order valence-corrected chi connectivity index (χ1v) is 8.77. The van der Waals surface area contributed by atoms with E-state index in [1.807, 2.05) is 18.2 Å². The number of hydrogen-bond acceptors (Lipinski definition) is 1. The van der Waals surface area contributed by atoms with Crippen LogP contribution in [0.4, 0.5) is 5.69 Å². The summed E-state index contributed by atoms with van der Waals surface area (Å²) in [5.74, 6) is 0. The minimum absolute atomic E-state index is 0.796. The number of fused-ring (bicyclic) bond motifs is 3. The number of rotatable bonds is 2. The summed E-state index contributed by atoms with van der Waals surface area (Å²) >= 11 is 0. The van der Waals surface area contributed by atoms with E-state index in [-0.39, 0.29) is 0 Å². The molecule has 0 spiro atoms. The lowest BCUT2D eigenvalue weighted by Crippen LogP contribution is -2.01.